The molecule has 0 amide bonds. The van der Waals surface area contributed by atoms with Gasteiger partial charge in [-0.2, -0.15) is 0 Å². The van der Waals surface area contributed by atoms with Crippen molar-refractivity contribution in [3.8, 4) is 0 Å². The number of carbonyl (C=O) groups excluding carboxylic acids is 2. The Bertz CT molecular complexity index is 69.1. The molecule has 0 aliphatic carbocycles. The predicted molar refractivity (Wildman–Crippen MR) is 32.7 cm³/mol. The van der Waals surface area contributed by atoms with E-state index in [1.807, 2.05) is 0 Å². The minimum atomic E-state index is 0. The Hall–Kier alpha value is 0.223. The van der Waals surface area contributed by atoms with Crippen molar-refractivity contribution < 1.29 is 35.8 Å². The van der Waals surface area contributed by atoms with Gasteiger partial charge in [0.1, 0.15) is 11.6 Å². The van der Waals surface area contributed by atoms with Crippen LogP contribution in [0.4, 0.5) is 0 Å². The van der Waals surface area contributed by atoms with Crippen molar-refractivity contribution in [2.75, 3.05) is 0 Å². The Labute approximate surface area is 75.1 Å². The first-order valence-corrected chi connectivity index (χ1v) is 2.41. The van der Waals surface area contributed by atoms with E-state index in [0.29, 0.717) is 0 Å². The second kappa shape index (κ2) is 11.1. The van der Waals surface area contributed by atoms with E-state index in [1.54, 1.807) is 0 Å². The molecule has 0 radical (unpaired) electrons. The molecule has 0 saturated heterocycles. The first-order chi connectivity index (χ1) is 3.46. The fourth-order valence-corrected chi connectivity index (χ4v) is 0. The number of carbonyl (C=O) groups is 2. The van der Waals surface area contributed by atoms with E-state index in [1.165, 1.54) is 27.7 Å². The largest absolute Gasteiger partial charge is 0.300 e. The van der Waals surface area contributed by atoms with Gasteiger partial charge in [0, 0.05) is 26.2 Å². The van der Waals surface area contributed by atoms with Crippen molar-refractivity contribution in [3.63, 3.8) is 0 Å². The zero-order valence-corrected chi connectivity index (χ0v) is 8.77. The summed E-state index contributed by atoms with van der Waals surface area (Å²) in [4.78, 5) is 18.9. The quantitative estimate of drug-likeness (QED) is 0.598. The van der Waals surface area contributed by atoms with Crippen LogP contribution in [0.25, 0.3) is 0 Å². The Morgan fingerprint density at radius 1 is 0.778 bits per heavy atom. The molecule has 0 fully saturated rings. The summed E-state index contributed by atoms with van der Waals surface area (Å²) in [5, 5.41) is 0. The van der Waals surface area contributed by atoms with Crippen LogP contribution in [-0.4, -0.2) is 11.6 Å². The van der Waals surface area contributed by atoms with Crippen LogP contribution >= 0.6 is 0 Å². The van der Waals surface area contributed by atoms with Crippen LogP contribution in [0.3, 0.4) is 0 Å². The van der Waals surface area contributed by atoms with E-state index in [0.717, 1.165) is 0 Å². The molecule has 0 aromatic carbocycles. The van der Waals surface area contributed by atoms with Gasteiger partial charge in [0.2, 0.25) is 0 Å². The predicted octanol–water partition coefficient (Wildman–Crippen LogP) is 1.19. The molecule has 0 aliphatic rings. The Morgan fingerprint density at radius 2 is 0.778 bits per heavy atom. The second-order valence-electron chi connectivity index (χ2n) is 1.82. The van der Waals surface area contributed by atoms with Crippen molar-refractivity contribution in [1.29, 1.82) is 0 Å². The molecule has 0 atom stereocenters. The van der Waals surface area contributed by atoms with Gasteiger partial charge in [-0.05, 0) is 27.7 Å². The van der Waals surface area contributed by atoms with Crippen LogP contribution in [-0.2, 0) is 35.8 Å². The minimum Gasteiger partial charge on any atom is -0.300 e. The molecule has 3 heteroatoms. The van der Waals surface area contributed by atoms with Gasteiger partial charge in [0.05, 0.1) is 0 Å². The number of Topliss-reactive ketones (excluding diaryl/α,β-unsaturated/α-hetero) is 2. The maximum absolute atomic E-state index is 9.44. The molecule has 0 rings (SSSR count). The molecule has 0 bridgehead atoms. The molecule has 0 aromatic heterocycles. The van der Waals surface area contributed by atoms with Gasteiger partial charge in [0.25, 0.3) is 0 Å². The van der Waals surface area contributed by atoms with Gasteiger partial charge in [-0.1, -0.05) is 0 Å². The molecule has 2 nitrogen and oxygen atoms in total. The maximum Gasteiger partial charge on any atom is 0.126 e. The molecule has 0 spiro atoms. The number of hydrogen-bond donors (Lipinski definition) is 0. The summed E-state index contributed by atoms with van der Waals surface area (Å²) >= 11 is 0. The van der Waals surface area contributed by atoms with Crippen molar-refractivity contribution in [1.82, 2.24) is 0 Å². The number of ketones is 2. The van der Waals surface area contributed by atoms with Gasteiger partial charge in [0.15, 0.2) is 0 Å². The topological polar surface area (TPSA) is 34.1 Å². The van der Waals surface area contributed by atoms with Gasteiger partial charge in [-0.25, -0.2) is 0 Å². The summed E-state index contributed by atoms with van der Waals surface area (Å²) in [6.45, 7) is 6.11. The Morgan fingerprint density at radius 3 is 0.778 bits per heavy atom. The summed E-state index contributed by atoms with van der Waals surface area (Å²) < 4.78 is 0. The van der Waals surface area contributed by atoms with E-state index >= 15 is 0 Å². The molecular formula is C6H12O2Zr. The molecule has 0 N–H and O–H groups in total. The molecule has 0 saturated carbocycles. The fraction of sp³-hybridized carbons (Fsp3) is 0.667. The summed E-state index contributed by atoms with van der Waals surface area (Å²) in [6, 6.07) is 0. The van der Waals surface area contributed by atoms with Crippen molar-refractivity contribution in [2.45, 2.75) is 27.7 Å². The van der Waals surface area contributed by atoms with E-state index in [4.69, 9.17) is 0 Å². The van der Waals surface area contributed by atoms with Crippen LogP contribution < -0.4 is 0 Å². The molecule has 0 heterocycles. The molecule has 52 valence electrons. The zero-order chi connectivity index (χ0) is 7.15. The first-order valence-electron chi connectivity index (χ1n) is 2.41. The monoisotopic (exact) mass is 206 g/mol. The summed E-state index contributed by atoms with van der Waals surface area (Å²) in [5.41, 5.74) is 0. The van der Waals surface area contributed by atoms with Crippen LogP contribution in [0.5, 0.6) is 0 Å². The third kappa shape index (κ3) is 6400. The van der Waals surface area contributed by atoms with Crippen molar-refractivity contribution >= 4 is 11.6 Å². The zero-order valence-electron chi connectivity index (χ0n) is 6.32. The number of hydrogen-bond acceptors (Lipinski definition) is 2. The summed E-state index contributed by atoms with van der Waals surface area (Å²) in [6.07, 6.45) is 0. The van der Waals surface area contributed by atoms with E-state index in [-0.39, 0.29) is 37.8 Å². The van der Waals surface area contributed by atoms with Crippen LogP contribution in [0, 0.1) is 0 Å². The minimum absolute atomic E-state index is 0. The van der Waals surface area contributed by atoms with Crippen molar-refractivity contribution in [3.05, 3.63) is 0 Å². The number of rotatable bonds is 0. The van der Waals surface area contributed by atoms with Crippen LogP contribution in [0.15, 0.2) is 0 Å². The van der Waals surface area contributed by atoms with E-state index in [2.05, 4.69) is 0 Å². The molecule has 0 unspecified atom stereocenters. The molecule has 0 aromatic rings. The molecule has 9 heavy (non-hydrogen) atoms. The third-order valence-electron chi connectivity index (χ3n) is 0. The standard InChI is InChI=1S/2C3H6O.Zr/c2*1-3(2)4;/h2*1-2H3;. The van der Waals surface area contributed by atoms with Gasteiger partial charge < -0.3 is 9.59 Å². The average Bonchev–Trinajstić information content (AvgIpc) is 1.25. The maximum atomic E-state index is 9.44. The molecule has 0 aliphatic heterocycles. The summed E-state index contributed by atoms with van der Waals surface area (Å²) in [5.74, 6) is 0.333. The summed E-state index contributed by atoms with van der Waals surface area (Å²) in [7, 11) is 0. The molecular weight excluding hydrogens is 195 g/mol. The van der Waals surface area contributed by atoms with E-state index < -0.39 is 0 Å². The van der Waals surface area contributed by atoms with Gasteiger partial charge in [-0.15, -0.1) is 0 Å². The fourth-order valence-electron chi connectivity index (χ4n) is 0. The van der Waals surface area contributed by atoms with E-state index in [9.17, 15) is 9.59 Å². The second-order valence-corrected chi connectivity index (χ2v) is 1.82. The SMILES string of the molecule is CC(C)=O.CC(C)=O.[Zr]. The van der Waals surface area contributed by atoms with Crippen LogP contribution in [0.2, 0.25) is 0 Å². The average molecular weight is 207 g/mol. The smallest absolute Gasteiger partial charge is 0.126 e. The van der Waals surface area contributed by atoms with Gasteiger partial charge in [-0.3, -0.25) is 0 Å². The van der Waals surface area contributed by atoms with Crippen LogP contribution in [0.1, 0.15) is 27.7 Å². The Balaban J connectivity index is -0.0000000720. The Kier molecular flexibility index (Phi) is 19.8. The third-order valence-corrected chi connectivity index (χ3v) is 0. The van der Waals surface area contributed by atoms with Crippen molar-refractivity contribution in [2.24, 2.45) is 0 Å². The van der Waals surface area contributed by atoms with Gasteiger partial charge >= 0.3 is 0 Å². The normalized spacial score (nSPS) is 5.78. The first kappa shape index (κ1) is 16.1.